The molecule has 1 saturated carbocycles. The molecule has 1 unspecified atom stereocenters. The van der Waals surface area contributed by atoms with E-state index >= 15 is 0 Å². The number of hydrogen-bond donors (Lipinski definition) is 0. The van der Waals surface area contributed by atoms with Crippen LogP contribution in [0.1, 0.15) is 32.3 Å². The lowest BCUT2D eigenvalue weighted by Gasteiger charge is -2.64. The van der Waals surface area contributed by atoms with Crippen LogP contribution in [-0.2, 0) is 24.5 Å². The standard InChI is InChI=1S/C23H26N2O4/c1-4-15-12-25-10-9-22-16-7-5-6-8-18(16)24-20(22)19(25)11-17(15)23(22,21(27)28-3)13-29-14(2)26/h4-8,17,19H,9-13H2,1-3H3/b15-4-/t17-,19+,22-,23?/m1/s1. The number of nitrogens with zero attached hydrogens (tertiary/aromatic N) is 2. The molecule has 5 rings (SSSR count). The van der Waals surface area contributed by atoms with E-state index in [2.05, 4.69) is 17.0 Å². The number of para-hydroxylation sites is 1. The van der Waals surface area contributed by atoms with E-state index < -0.39 is 10.8 Å². The number of ether oxygens (including phenoxy) is 2. The van der Waals surface area contributed by atoms with Gasteiger partial charge in [0.25, 0.3) is 0 Å². The van der Waals surface area contributed by atoms with E-state index in [0.717, 1.165) is 42.9 Å². The van der Waals surface area contributed by atoms with Crippen LogP contribution in [0.15, 0.2) is 40.9 Å². The van der Waals surface area contributed by atoms with Crippen LogP contribution in [0.25, 0.3) is 0 Å². The Balaban J connectivity index is 1.83. The first-order valence-electron chi connectivity index (χ1n) is 10.3. The molecule has 3 fully saturated rings. The number of allylic oxidation sites excluding steroid dienone is 1. The van der Waals surface area contributed by atoms with Gasteiger partial charge in [0.05, 0.1) is 24.3 Å². The molecule has 4 atom stereocenters. The molecular weight excluding hydrogens is 368 g/mol. The maximum Gasteiger partial charge on any atom is 0.317 e. The van der Waals surface area contributed by atoms with E-state index in [9.17, 15) is 9.59 Å². The van der Waals surface area contributed by atoms with Crippen molar-refractivity contribution in [1.29, 1.82) is 0 Å². The molecular formula is C23H26N2O4. The Labute approximate surface area is 170 Å². The van der Waals surface area contributed by atoms with Crippen LogP contribution in [0.2, 0.25) is 0 Å². The number of piperidine rings is 2. The molecule has 6 nitrogen and oxygen atoms in total. The first kappa shape index (κ1) is 18.6. The predicted molar refractivity (Wildman–Crippen MR) is 108 cm³/mol. The van der Waals surface area contributed by atoms with E-state index in [4.69, 9.17) is 14.5 Å². The summed E-state index contributed by atoms with van der Waals surface area (Å²) in [6, 6.07) is 8.31. The number of aliphatic imine (C=N–C) groups is 1. The molecule has 0 radical (unpaired) electrons. The number of carbonyl (C=O) groups is 2. The summed E-state index contributed by atoms with van der Waals surface area (Å²) in [6.07, 6.45) is 3.69. The molecule has 0 N–H and O–H groups in total. The van der Waals surface area contributed by atoms with Crippen molar-refractivity contribution in [2.75, 3.05) is 26.8 Å². The molecule has 3 aliphatic heterocycles. The molecule has 3 heterocycles. The number of rotatable bonds is 3. The lowest BCUT2D eigenvalue weighted by molar-refractivity contribution is -0.176. The van der Waals surface area contributed by atoms with E-state index in [1.165, 1.54) is 19.6 Å². The minimum absolute atomic E-state index is 0.0110. The Morgan fingerprint density at radius 3 is 2.86 bits per heavy atom. The van der Waals surface area contributed by atoms with Crippen molar-refractivity contribution in [1.82, 2.24) is 4.90 Å². The van der Waals surface area contributed by atoms with Gasteiger partial charge in [-0.3, -0.25) is 19.5 Å². The second-order valence-electron chi connectivity index (χ2n) is 8.55. The molecule has 152 valence electrons. The normalized spacial score (nSPS) is 35.7. The van der Waals surface area contributed by atoms with Gasteiger partial charge in [-0.1, -0.05) is 29.8 Å². The van der Waals surface area contributed by atoms with Gasteiger partial charge in [-0.05, 0) is 31.4 Å². The smallest absolute Gasteiger partial charge is 0.317 e. The Bertz CT molecular complexity index is 967. The van der Waals surface area contributed by atoms with Crippen LogP contribution in [0.5, 0.6) is 0 Å². The summed E-state index contributed by atoms with van der Waals surface area (Å²) < 4.78 is 11.1. The Morgan fingerprint density at radius 1 is 1.34 bits per heavy atom. The van der Waals surface area contributed by atoms with Crippen molar-refractivity contribution in [2.45, 2.75) is 38.1 Å². The molecule has 0 amide bonds. The maximum absolute atomic E-state index is 13.7. The summed E-state index contributed by atoms with van der Waals surface area (Å²) in [6.45, 7) is 5.13. The molecule has 3 bridgehead atoms. The fourth-order valence-corrected chi connectivity index (χ4v) is 6.52. The van der Waals surface area contributed by atoms with Gasteiger partial charge >= 0.3 is 11.9 Å². The maximum atomic E-state index is 13.7. The lowest BCUT2D eigenvalue weighted by atomic mass is 9.43. The summed E-state index contributed by atoms with van der Waals surface area (Å²) >= 11 is 0. The average molecular weight is 394 g/mol. The third-order valence-electron chi connectivity index (χ3n) is 7.64. The zero-order valence-corrected chi connectivity index (χ0v) is 17.1. The zero-order valence-electron chi connectivity index (χ0n) is 17.1. The van der Waals surface area contributed by atoms with Gasteiger partial charge in [0.15, 0.2) is 0 Å². The number of fused-ring (bicyclic) bond motifs is 2. The van der Waals surface area contributed by atoms with Crippen molar-refractivity contribution < 1.29 is 19.1 Å². The minimum Gasteiger partial charge on any atom is -0.468 e. The van der Waals surface area contributed by atoms with E-state index in [0.29, 0.717) is 0 Å². The Hall–Kier alpha value is -2.47. The van der Waals surface area contributed by atoms with Crippen molar-refractivity contribution in [2.24, 2.45) is 16.3 Å². The second kappa shape index (κ2) is 6.26. The molecule has 2 saturated heterocycles. The molecule has 0 aromatic heterocycles. The number of hydrogen-bond acceptors (Lipinski definition) is 6. The number of benzene rings is 1. The van der Waals surface area contributed by atoms with Crippen LogP contribution in [0.4, 0.5) is 5.69 Å². The van der Waals surface area contributed by atoms with Gasteiger partial charge in [-0.2, -0.15) is 0 Å². The molecule has 6 heteroatoms. The van der Waals surface area contributed by atoms with E-state index in [1.54, 1.807) is 0 Å². The molecule has 0 spiro atoms. The SMILES string of the molecule is C/C=C1/CN2CC[C@]34C(=Nc5ccccc53)[C@@H]2C[C@H]1C4(COC(C)=O)C(=O)OC. The first-order chi connectivity index (χ1) is 14.0. The van der Waals surface area contributed by atoms with Gasteiger partial charge in [0, 0.05) is 31.6 Å². The highest BCUT2D eigenvalue weighted by Gasteiger charge is 2.74. The zero-order chi connectivity index (χ0) is 20.4. The van der Waals surface area contributed by atoms with Crippen LogP contribution >= 0.6 is 0 Å². The lowest BCUT2D eigenvalue weighted by Crippen LogP contribution is -2.75. The van der Waals surface area contributed by atoms with E-state index in [1.807, 2.05) is 25.1 Å². The second-order valence-corrected chi connectivity index (χ2v) is 8.55. The van der Waals surface area contributed by atoms with Crippen molar-refractivity contribution in [3.05, 3.63) is 41.5 Å². The average Bonchev–Trinajstić information content (AvgIpc) is 3.09. The molecule has 29 heavy (non-hydrogen) atoms. The Morgan fingerprint density at radius 2 is 2.14 bits per heavy atom. The Kier molecular flexibility index (Phi) is 4.01. The highest BCUT2D eigenvalue weighted by Crippen LogP contribution is 2.66. The molecule has 4 aliphatic rings. The number of methoxy groups -OCH3 is 1. The van der Waals surface area contributed by atoms with Gasteiger partial charge in [0.2, 0.25) is 0 Å². The summed E-state index contributed by atoms with van der Waals surface area (Å²) in [7, 11) is 1.44. The van der Waals surface area contributed by atoms with Crippen molar-refractivity contribution in [3.63, 3.8) is 0 Å². The summed E-state index contributed by atoms with van der Waals surface area (Å²) in [5.74, 6) is -0.737. The molecule has 1 aromatic rings. The van der Waals surface area contributed by atoms with Crippen molar-refractivity contribution in [3.8, 4) is 0 Å². The fourth-order valence-electron chi connectivity index (χ4n) is 6.52. The fraction of sp³-hybridized carbons (Fsp3) is 0.522. The third-order valence-corrected chi connectivity index (χ3v) is 7.64. The monoisotopic (exact) mass is 394 g/mol. The highest BCUT2D eigenvalue weighted by atomic mass is 16.5. The predicted octanol–water partition coefficient (Wildman–Crippen LogP) is 2.79. The minimum atomic E-state index is -1.01. The van der Waals surface area contributed by atoms with Gasteiger partial charge in [-0.25, -0.2) is 0 Å². The van der Waals surface area contributed by atoms with Crippen LogP contribution < -0.4 is 0 Å². The summed E-state index contributed by atoms with van der Waals surface area (Å²) in [5.41, 5.74) is 2.65. The highest BCUT2D eigenvalue weighted by molar-refractivity contribution is 6.11. The van der Waals surface area contributed by atoms with Crippen LogP contribution in [0, 0.1) is 11.3 Å². The topological polar surface area (TPSA) is 68.2 Å². The van der Waals surface area contributed by atoms with Gasteiger partial charge < -0.3 is 9.47 Å². The van der Waals surface area contributed by atoms with Crippen LogP contribution in [-0.4, -0.2) is 55.4 Å². The molecule has 1 aliphatic carbocycles. The van der Waals surface area contributed by atoms with E-state index in [-0.39, 0.29) is 30.5 Å². The van der Waals surface area contributed by atoms with Gasteiger partial charge in [0.1, 0.15) is 12.0 Å². The number of carbonyl (C=O) groups excluding carboxylic acids is 2. The summed E-state index contributed by atoms with van der Waals surface area (Å²) in [5, 5.41) is 0. The van der Waals surface area contributed by atoms with Crippen LogP contribution in [0.3, 0.4) is 0 Å². The largest absolute Gasteiger partial charge is 0.468 e. The van der Waals surface area contributed by atoms with Gasteiger partial charge in [-0.15, -0.1) is 0 Å². The molecule has 1 aromatic carbocycles. The van der Waals surface area contributed by atoms with Crippen molar-refractivity contribution >= 4 is 23.3 Å². The number of esters is 2. The first-order valence-corrected chi connectivity index (χ1v) is 10.3. The summed E-state index contributed by atoms with van der Waals surface area (Å²) in [4.78, 5) is 33.1. The third kappa shape index (κ3) is 2.13. The quantitative estimate of drug-likeness (QED) is 0.583.